The van der Waals surface area contributed by atoms with Crippen LogP contribution in [0.4, 0.5) is 26.1 Å². The van der Waals surface area contributed by atoms with Crippen LogP contribution >= 0.6 is 0 Å². The van der Waals surface area contributed by atoms with Crippen molar-refractivity contribution >= 4 is 33.3 Å². The predicted octanol–water partition coefficient (Wildman–Crippen LogP) is 4.24. The Morgan fingerprint density at radius 2 is 1.83 bits per heavy atom. The number of nitrogens with one attached hydrogen (secondary N) is 2. The summed E-state index contributed by atoms with van der Waals surface area (Å²) in [6, 6.07) is 9.92. The molecular formula is C24H25F2N5O3S. The number of aromatic nitrogens is 2. The molecule has 1 aromatic carbocycles. The smallest absolute Gasteiger partial charge is 0.281 e. The number of sulfonamides is 1. The van der Waals surface area contributed by atoms with Crippen molar-refractivity contribution in [2.75, 3.05) is 16.8 Å². The van der Waals surface area contributed by atoms with Crippen LogP contribution in [-0.2, 0) is 10.0 Å². The minimum absolute atomic E-state index is 0.0280. The summed E-state index contributed by atoms with van der Waals surface area (Å²) in [7, 11) is -4.36. The third-order valence-electron chi connectivity index (χ3n) is 6.34. The van der Waals surface area contributed by atoms with Crippen LogP contribution in [0.15, 0.2) is 59.8 Å². The molecule has 2 aromatic heterocycles. The van der Waals surface area contributed by atoms with Crippen LogP contribution in [0.5, 0.6) is 0 Å². The van der Waals surface area contributed by atoms with E-state index in [9.17, 15) is 22.0 Å². The van der Waals surface area contributed by atoms with Crippen LogP contribution in [0.1, 0.15) is 37.6 Å². The van der Waals surface area contributed by atoms with Gasteiger partial charge in [0.25, 0.3) is 15.9 Å². The van der Waals surface area contributed by atoms with Gasteiger partial charge >= 0.3 is 0 Å². The van der Waals surface area contributed by atoms with Gasteiger partial charge in [0.1, 0.15) is 23.3 Å². The largest absolute Gasteiger partial charge is 0.351 e. The highest BCUT2D eigenvalue weighted by atomic mass is 32.2. The first-order valence-electron chi connectivity index (χ1n) is 11.0. The standard InChI is InChI=1S/C24H25F2N5O3S/c1-15-9-11-31(24(15,2)3)22-19(6-5-10-27-22)23(32)30-35(33,34)21-8-4-7-20(29-21)28-18-13-16(25)12-17(26)14-18/h4-8,10,12-15H,9,11H2,1-3H3,(H,28,29)(H,30,32). The van der Waals surface area contributed by atoms with Crippen molar-refractivity contribution in [2.45, 2.75) is 37.8 Å². The second-order valence-electron chi connectivity index (χ2n) is 8.95. The Kier molecular flexibility index (Phi) is 6.46. The molecule has 0 saturated carbocycles. The van der Waals surface area contributed by atoms with Gasteiger partial charge in [-0.1, -0.05) is 13.0 Å². The number of hydrogen-bond donors (Lipinski definition) is 2. The number of hydrogen-bond acceptors (Lipinski definition) is 7. The molecule has 11 heteroatoms. The monoisotopic (exact) mass is 501 g/mol. The average Bonchev–Trinajstić information content (AvgIpc) is 3.05. The molecule has 1 atom stereocenters. The molecule has 3 aromatic rings. The molecule has 8 nitrogen and oxygen atoms in total. The molecule has 0 spiro atoms. The number of rotatable bonds is 6. The Labute approximate surface area is 202 Å². The molecule has 2 N–H and O–H groups in total. The van der Waals surface area contributed by atoms with Gasteiger partial charge in [-0.2, -0.15) is 8.42 Å². The lowest BCUT2D eigenvalue weighted by Crippen LogP contribution is -2.43. The Bertz CT molecular complexity index is 1360. The van der Waals surface area contributed by atoms with Crippen molar-refractivity contribution < 1.29 is 22.0 Å². The highest BCUT2D eigenvalue weighted by molar-refractivity contribution is 7.90. The Morgan fingerprint density at radius 1 is 1.11 bits per heavy atom. The SMILES string of the molecule is CC1CCN(c2ncccc2C(=O)NS(=O)(=O)c2cccc(Nc3cc(F)cc(F)c3)n2)C1(C)C. The van der Waals surface area contributed by atoms with Gasteiger partial charge in [-0.15, -0.1) is 0 Å². The molecule has 1 aliphatic heterocycles. The molecule has 3 heterocycles. The van der Waals surface area contributed by atoms with E-state index in [1.165, 1.54) is 24.3 Å². The summed E-state index contributed by atoms with van der Waals surface area (Å²) in [5, 5.41) is 2.22. The predicted molar refractivity (Wildman–Crippen MR) is 128 cm³/mol. The van der Waals surface area contributed by atoms with Gasteiger partial charge in [0.2, 0.25) is 0 Å². The molecule has 1 unspecified atom stereocenters. The average molecular weight is 502 g/mol. The van der Waals surface area contributed by atoms with Gasteiger partial charge in [-0.25, -0.2) is 23.5 Å². The first kappa shape index (κ1) is 24.5. The summed E-state index contributed by atoms with van der Waals surface area (Å²) in [4.78, 5) is 23.5. The van der Waals surface area contributed by atoms with E-state index in [4.69, 9.17) is 0 Å². The summed E-state index contributed by atoms with van der Waals surface area (Å²) >= 11 is 0. The van der Waals surface area contributed by atoms with E-state index in [1.54, 1.807) is 12.3 Å². The fourth-order valence-corrected chi connectivity index (χ4v) is 4.97. The topological polar surface area (TPSA) is 104 Å². The molecule has 0 radical (unpaired) electrons. The number of amides is 1. The fraction of sp³-hybridized carbons (Fsp3) is 0.292. The first-order valence-corrected chi connectivity index (χ1v) is 12.5. The maximum atomic E-state index is 13.5. The van der Waals surface area contributed by atoms with Gasteiger partial charge in [-0.3, -0.25) is 4.79 Å². The molecule has 0 aliphatic carbocycles. The second-order valence-corrected chi connectivity index (χ2v) is 10.6. The van der Waals surface area contributed by atoms with E-state index in [0.29, 0.717) is 24.3 Å². The van der Waals surface area contributed by atoms with Crippen LogP contribution in [0.2, 0.25) is 0 Å². The molecule has 184 valence electrons. The number of carbonyl (C=O) groups is 1. The maximum Gasteiger partial charge on any atom is 0.281 e. The van der Waals surface area contributed by atoms with Crippen molar-refractivity contribution in [3.05, 3.63) is 71.9 Å². The number of halogens is 2. The van der Waals surface area contributed by atoms with Gasteiger partial charge in [-0.05, 0) is 62.6 Å². The molecule has 35 heavy (non-hydrogen) atoms. The van der Waals surface area contributed by atoms with Gasteiger partial charge in [0.15, 0.2) is 5.03 Å². The highest BCUT2D eigenvalue weighted by Crippen LogP contribution is 2.38. The van der Waals surface area contributed by atoms with Crippen molar-refractivity contribution in [3.63, 3.8) is 0 Å². The molecule has 0 bridgehead atoms. The van der Waals surface area contributed by atoms with E-state index in [-0.39, 0.29) is 22.6 Å². The fourth-order valence-electron chi connectivity index (χ4n) is 4.04. The van der Waals surface area contributed by atoms with Crippen LogP contribution in [0.3, 0.4) is 0 Å². The minimum Gasteiger partial charge on any atom is -0.351 e. The van der Waals surface area contributed by atoms with Crippen molar-refractivity contribution in [3.8, 4) is 0 Å². The van der Waals surface area contributed by atoms with Crippen LogP contribution in [0.25, 0.3) is 0 Å². The van der Waals surface area contributed by atoms with Crippen molar-refractivity contribution in [1.82, 2.24) is 14.7 Å². The normalized spacial score (nSPS) is 17.3. The summed E-state index contributed by atoms with van der Waals surface area (Å²) in [5.74, 6) is -1.64. The quantitative estimate of drug-likeness (QED) is 0.521. The second kappa shape index (κ2) is 9.21. The molecule has 1 saturated heterocycles. The molecule has 1 aliphatic rings. The number of pyridine rings is 2. The van der Waals surface area contributed by atoms with Crippen LogP contribution in [-0.4, -0.2) is 36.4 Å². The van der Waals surface area contributed by atoms with E-state index < -0.39 is 32.6 Å². The third-order valence-corrected chi connectivity index (χ3v) is 7.57. The molecular weight excluding hydrogens is 476 g/mol. The lowest BCUT2D eigenvalue weighted by molar-refractivity contribution is 0.0981. The van der Waals surface area contributed by atoms with Crippen molar-refractivity contribution in [2.24, 2.45) is 5.92 Å². The maximum absolute atomic E-state index is 13.5. The zero-order valence-electron chi connectivity index (χ0n) is 19.4. The highest BCUT2D eigenvalue weighted by Gasteiger charge is 2.40. The first-order chi connectivity index (χ1) is 16.5. The Morgan fingerprint density at radius 3 is 2.49 bits per heavy atom. The van der Waals surface area contributed by atoms with E-state index >= 15 is 0 Å². The summed E-state index contributed by atoms with van der Waals surface area (Å²) in [6.45, 7) is 6.93. The summed E-state index contributed by atoms with van der Waals surface area (Å²) in [6.07, 6.45) is 2.48. The zero-order chi connectivity index (χ0) is 25.4. The Hall–Kier alpha value is -3.60. The molecule has 1 fully saturated rings. The summed E-state index contributed by atoms with van der Waals surface area (Å²) in [5.41, 5.74) is -0.0842. The Balaban J connectivity index is 1.58. The van der Waals surface area contributed by atoms with Gasteiger partial charge in [0, 0.05) is 30.0 Å². The summed E-state index contributed by atoms with van der Waals surface area (Å²) < 4.78 is 54.9. The van der Waals surface area contributed by atoms with E-state index in [2.05, 4.69) is 40.8 Å². The van der Waals surface area contributed by atoms with Crippen molar-refractivity contribution in [1.29, 1.82) is 0 Å². The van der Waals surface area contributed by atoms with Crippen LogP contribution in [0, 0.1) is 17.6 Å². The third kappa shape index (κ3) is 5.09. The number of carbonyl (C=O) groups excluding carboxylic acids is 1. The van der Waals surface area contributed by atoms with Gasteiger partial charge < -0.3 is 10.2 Å². The lowest BCUT2D eigenvalue weighted by atomic mass is 9.90. The molecule has 4 rings (SSSR count). The number of anilines is 3. The minimum atomic E-state index is -4.36. The molecule has 1 amide bonds. The van der Waals surface area contributed by atoms with E-state index in [0.717, 1.165) is 18.6 Å². The van der Waals surface area contributed by atoms with Gasteiger partial charge in [0.05, 0.1) is 5.56 Å². The number of nitrogens with zero attached hydrogens (tertiary/aromatic N) is 3. The lowest BCUT2D eigenvalue weighted by Gasteiger charge is -2.36. The van der Waals surface area contributed by atoms with Crippen LogP contribution < -0.4 is 14.9 Å². The number of benzene rings is 1. The van der Waals surface area contributed by atoms with E-state index in [1.807, 2.05) is 4.90 Å². The zero-order valence-corrected chi connectivity index (χ0v) is 20.2.